The van der Waals surface area contributed by atoms with Crippen LogP contribution in [0.25, 0.3) is 0 Å². The van der Waals surface area contributed by atoms with Crippen LogP contribution in [0.15, 0.2) is 0 Å². The van der Waals surface area contributed by atoms with Gasteiger partial charge in [-0.1, -0.05) is 64.7 Å². The first-order chi connectivity index (χ1) is 19.6. The average Bonchev–Trinajstić information content (AvgIpc) is 2.89. The van der Waals surface area contributed by atoms with Gasteiger partial charge in [-0.3, -0.25) is 0 Å². The molecule has 0 spiro atoms. The van der Waals surface area contributed by atoms with Crippen molar-refractivity contribution in [3.05, 3.63) is 0 Å². The van der Waals surface area contributed by atoms with Crippen molar-refractivity contribution in [1.29, 1.82) is 0 Å². The van der Waals surface area contributed by atoms with Crippen LogP contribution in [0.2, 0.25) is 0 Å². The van der Waals surface area contributed by atoms with Crippen molar-refractivity contribution in [2.24, 2.45) is 0 Å². The number of aliphatic hydroxyl groups excluding tert-OH is 5. The second-order valence-electron chi connectivity index (χ2n) is 13.3. The molecule has 0 heterocycles. The summed E-state index contributed by atoms with van der Waals surface area (Å²) in [6, 6.07) is 0. The fourth-order valence-corrected chi connectivity index (χ4v) is 6.07. The van der Waals surface area contributed by atoms with Crippen LogP contribution in [0, 0.1) is 0 Å². The van der Waals surface area contributed by atoms with Gasteiger partial charge in [-0.05, 0) is 6.42 Å². The second kappa shape index (κ2) is 25.0. The van der Waals surface area contributed by atoms with E-state index in [1.807, 2.05) is 0 Å². The largest absolute Gasteiger partial charge is 0.391 e. The third-order valence-corrected chi connectivity index (χ3v) is 8.96. The predicted octanol–water partition coefficient (Wildman–Crippen LogP) is 2.37. The van der Waals surface area contributed by atoms with E-state index >= 15 is 0 Å². The zero-order chi connectivity index (χ0) is 30.9. The van der Waals surface area contributed by atoms with Crippen molar-refractivity contribution >= 4 is 0 Å². The molecule has 0 aliphatic rings. The van der Waals surface area contributed by atoms with Crippen LogP contribution in [-0.4, -0.2) is 165 Å². The summed E-state index contributed by atoms with van der Waals surface area (Å²) in [5.41, 5.74) is 0. The monoisotopic (exact) mass is 595 g/mol. The molecule has 0 saturated heterocycles. The van der Waals surface area contributed by atoms with Crippen LogP contribution in [0.1, 0.15) is 84.0 Å². The molecule has 0 fully saturated rings. The Hall–Kier alpha value is -0.360. The van der Waals surface area contributed by atoms with Crippen LogP contribution in [0.3, 0.4) is 0 Å². The predicted molar refractivity (Wildman–Crippen MR) is 169 cm³/mol. The molecule has 0 aliphatic carbocycles. The lowest BCUT2D eigenvalue weighted by molar-refractivity contribution is -0.936. The van der Waals surface area contributed by atoms with Gasteiger partial charge in [-0.15, -0.1) is 0 Å². The molecule has 0 aromatic heterocycles. The molecule has 0 saturated carbocycles. The van der Waals surface area contributed by atoms with E-state index in [0.717, 1.165) is 49.9 Å². The molecule has 41 heavy (non-hydrogen) atoms. The molecule has 0 aliphatic heterocycles. The minimum absolute atomic E-state index is 0.0810. The summed E-state index contributed by atoms with van der Waals surface area (Å²) in [5, 5.41) is 49.0. The standard InChI is InChI=1S/C32H72N3O6/c1-5-6-7-8-9-10-11-12-13-14-29-41-31-32(40)30-35(4,24-28-39)20-16-18-33(2,21-25-36)17-15-19-34(3,22-26-37)23-27-38/h32,36-40H,5-31H2,1-4H3/q+3. The Bertz CT molecular complexity index is 582. The second-order valence-corrected chi connectivity index (χ2v) is 13.3. The molecule has 248 valence electrons. The maximum Gasteiger partial charge on any atom is 0.126 e. The van der Waals surface area contributed by atoms with E-state index in [4.69, 9.17) is 4.74 Å². The number of ether oxygens (including phenoxy) is 1. The summed E-state index contributed by atoms with van der Waals surface area (Å²) in [5.74, 6) is 0. The van der Waals surface area contributed by atoms with Crippen molar-refractivity contribution in [2.45, 2.75) is 90.1 Å². The van der Waals surface area contributed by atoms with Crippen LogP contribution in [0.4, 0.5) is 0 Å². The van der Waals surface area contributed by atoms with Crippen LogP contribution in [0.5, 0.6) is 0 Å². The van der Waals surface area contributed by atoms with Crippen molar-refractivity contribution in [2.75, 3.05) is 120 Å². The van der Waals surface area contributed by atoms with Gasteiger partial charge >= 0.3 is 0 Å². The number of likely N-dealkylation sites (N-methyl/N-ethyl adjacent to an activating group) is 3. The minimum Gasteiger partial charge on any atom is -0.391 e. The number of hydrogen-bond acceptors (Lipinski definition) is 6. The highest BCUT2D eigenvalue weighted by Gasteiger charge is 2.29. The normalized spacial score (nSPS) is 16.0. The third kappa shape index (κ3) is 21.9. The highest BCUT2D eigenvalue weighted by Crippen LogP contribution is 2.14. The first-order valence-corrected chi connectivity index (χ1v) is 16.8. The van der Waals surface area contributed by atoms with Gasteiger partial charge < -0.3 is 43.7 Å². The summed E-state index contributed by atoms with van der Waals surface area (Å²) in [4.78, 5) is 0. The Balaban J connectivity index is 4.43. The summed E-state index contributed by atoms with van der Waals surface area (Å²) >= 11 is 0. The van der Waals surface area contributed by atoms with Gasteiger partial charge in [0, 0.05) is 19.4 Å². The molecule has 0 bridgehead atoms. The molecule has 5 N–H and O–H groups in total. The van der Waals surface area contributed by atoms with Gasteiger partial charge in [0.15, 0.2) is 0 Å². The Kier molecular flexibility index (Phi) is 24.8. The summed E-state index contributed by atoms with van der Waals surface area (Å²) < 4.78 is 7.81. The van der Waals surface area contributed by atoms with E-state index in [1.165, 1.54) is 57.8 Å². The smallest absolute Gasteiger partial charge is 0.126 e. The Labute approximate surface area is 253 Å². The van der Waals surface area contributed by atoms with E-state index in [9.17, 15) is 25.5 Å². The Morgan fingerprint density at radius 3 is 1.29 bits per heavy atom. The maximum atomic E-state index is 10.7. The molecule has 9 nitrogen and oxygen atoms in total. The molecule has 0 aromatic rings. The van der Waals surface area contributed by atoms with E-state index in [0.29, 0.717) is 54.9 Å². The number of rotatable bonds is 31. The fraction of sp³-hybridized carbons (Fsp3) is 1.00. The summed E-state index contributed by atoms with van der Waals surface area (Å²) in [7, 11) is 6.36. The SMILES string of the molecule is CCCCCCCCCCCCOCC(O)C[N+](C)(CCO)CCC[N+](C)(CCO)CCC[N+](C)(CCO)CCO. The van der Waals surface area contributed by atoms with Gasteiger partial charge in [0.1, 0.15) is 38.8 Å². The Morgan fingerprint density at radius 2 is 0.854 bits per heavy atom. The molecule has 0 radical (unpaired) electrons. The van der Waals surface area contributed by atoms with E-state index in [1.54, 1.807) is 0 Å². The molecule has 0 rings (SSSR count). The zero-order valence-electron chi connectivity index (χ0n) is 27.7. The van der Waals surface area contributed by atoms with Gasteiger partial charge in [0.05, 0.1) is 80.4 Å². The summed E-state index contributed by atoms with van der Waals surface area (Å²) in [6.45, 7) is 10.4. The average molecular weight is 595 g/mol. The van der Waals surface area contributed by atoms with Crippen LogP contribution < -0.4 is 0 Å². The lowest BCUT2D eigenvalue weighted by Gasteiger charge is -2.39. The number of hydrogen-bond donors (Lipinski definition) is 5. The van der Waals surface area contributed by atoms with Gasteiger partial charge in [-0.2, -0.15) is 0 Å². The van der Waals surface area contributed by atoms with Crippen molar-refractivity contribution < 1.29 is 43.7 Å². The molecule has 3 atom stereocenters. The molecule has 0 amide bonds. The molecule has 9 heteroatoms. The first-order valence-electron chi connectivity index (χ1n) is 16.8. The topological polar surface area (TPSA) is 110 Å². The zero-order valence-corrected chi connectivity index (χ0v) is 27.7. The van der Waals surface area contributed by atoms with Crippen LogP contribution in [-0.2, 0) is 4.74 Å². The molecular formula is C32H72N3O6+3. The number of aliphatic hydroxyl groups is 5. The molecule has 0 aromatic carbocycles. The minimum atomic E-state index is -0.554. The highest BCUT2D eigenvalue weighted by atomic mass is 16.5. The van der Waals surface area contributed by atoms with E-state index < -0.39 is 6.10 Å². The van der Waals surface area contributed by atoms with E-state index in [2.05, 4.69) is 28.1 Å². The summed E-state index contributed by atoms with van der Waals surface area (Å²) in [6.07, 6.45) is 14.3. The first kappa shape index (κ1) is 40.6. The number of unbranched alkanes of at least 4 members (excludes halogenated alkanes) is 9. The lowest BCUT2D eigenvalue weighted by Crippen LogP contribution is -2.55. The van der Waals surface area contributed by atoms with E-state index in [-0.39, 0.29) is 26.4 Å². The lowest BCUT2D eigenvalue weighted by atomic mass is 10.1. The third-order valence-electron chi connectivity index (χ3n) is 8.96. The van der Waals surface area contributed by atoms with Crippen molar-refractivity contribution in [1.82, 2.24) is 0 Å². The molecule has 3 unspecified atom stereocenters. The van der Waals surface area contributed by atoms with Gasteiger partial charge in [0.2, 0.25) is 0 Å². The fourth-order valence-electron chi connectivity index (χ4n) is 6.07. The van der Waals surface area contributed by atoms with Crippen molar-refractivity contribution in [3.8, 4) is 0 Å². The van der Waals surface area contributed by atoms with Gasteiger partial charge in [0.25, 0.3) is 0 Å². The highest BCUT2D eigenvalue weighted by molar-refractivity contribution is 4.56. The van der Waals surface area contributed by atoms with Crippen LogP contribution >= 0.6 is 0 Å². The Morgan fingerprint density at radius 1 is 0.488 bits per heavy atom. The number of quaternary nitrogens is 3. The maximum absolute atomic E-state index is 10.7. The number of nitrogens with zero attached hydrogens (tertiary/aromatic N) is 3. The quantitative estimate of drug-likeness (QED) is 0.0623. The van der Waals surface area contributed by atoms with Crippen molar-refractivity contribution in [3.63, 3.8) is 0 Å². The molecular weight excluding hydrogens is 522 g/mol. The van der Waals surface area contributed by atoms with Gasteiger partial charge in [-0.25, -0.2) is 0 Å².